The quantitative estimate of drug-likeness (QED) is 0.687. The highest BCUT2D eigenvalue weighted by atomic mass is 16.3. The zero-order valence-electron chi connectivity index (χ0n) is 9.31. The first kappa shape index (κ1) is 11.0. The monoisotopic (exact) mass is 220 g/mol. The first-order chi connectivity index (χ1) is 7.58. The standard InChI is InChI=1S/C12H16N2O2/c1-8-2-3-9(6-11(8)13)12(16)14-5-4-10(15)7-14/h2-3,6,10,15H,4-5,7,13H2,1H3/t10-/m0/s1. The second-order valence-corrected chi connectivity index (χ2v) is 4.27. The molecule has 0 saturated carbocycles. The molecule has 1 aliphatic heterocycles. The summed E-state index contributed by atoms with van der Waals surface area (Å²) in [4.78, 5) is 13.7. The highest BCUT2D eigenvalue weighted by molar-refractivity contribution is 5.95. The van der Waals surface area contributed by atoms with Crippen LogP contribution in [0.15, 0.2) is 18.2 Å². The molecule has 1 atom stereocenters. The molecule has 4 heteroatoms. The van der Waals surface area contributed by atoms with Crippen LogP contribution < -0.4 is 5.73 Å². The fourth-order valence-electron chi connectivity index (χ4n) is 1.88. The summed E-state index contributed by atoms with van der Waals surface area (Å²) in [6.45, 7) is 2.95. The van der Waals surface area contributed by atoms with E-state index in [-0.39, 0.29) is 12.0 Å². The summed E-state index contributed by atoms with van der Waals surface area (Å²) in [7, 11) is 0. The van der Waals surface area contributed by atoms with E-state index in [1.54, 1.807) is 17.0 Å². The lowest BCUT2D eigenvalue weighted by molar-refractivity contribution is 0.0765. The van der Waals surface area contributed by atoms with Crippen LogP contribution in [0.25, 0.3) is 0 Å². The van der Waals surface area contributed by atoms with Crippen molar-refractivity contribution in [2.45, 2.75) is 19.4 Å². The summed E-state index contributed by atoms with van der Waals surface area (Å²) in [6, 6.07) is 5.32. The minimum absolute atomic E-state index is 0.0525. The minimum atomic E-state index is -0.383. The van der Waals surface area contributed by atoms with Crippen molar-refractivity contribution in [3.63, 3.8) is 0 Å². The fourth-order valence-corrected chi connectivity index (χ4v) is 1.88. The van der Waals surface area contributed by atoms with Gasteiger partial charge in [-0.15, -0.1) is 0 Å². The van der Waals surface area contributed by atoms with Crippen molar-refractivity contribution in [3.05, 3.63) is 29.3 Å². The number of nitrogens with two attached hydrogens (primary N) is 1. The Labute approximate surface area is 94.7 Å². The van der Waals surface area contributed by atoms with Crippen molar-refractivity contribution in [1.29, 1.82) is 0 Å². The van der Waals surface area contributed by atoms with Crippen LogP contribution in [0.4, 0.5) is 5.69 Å². The molecule has 0 bridgehead atoms. The maximum absolute atomic E-state index is 12.0. The van der Waals surface area contributed by atoms with E-state index in [0.717, 1.165) is 5.56 Å². The number of carbonyl (C=O) groups excluding carboxylic acids is 1. The van der Waals surface area contributed by atoms with Gasteiger partial charge in [0.15, 0.2) is 0 Å². The van der Waals surface area contributed by atoms with Gasteiger partial charge in [-0.05, 0) is 31.0 Å². The molecule has 1 aliphatic rings. The van der Waals surface area contributed by atoms with Crippen LogP contribution in [-0.4, -0.2) is 35.1 Å². The number of nitrogen functional groups attached to an aromatic ring is 1. The lowest BCUT2D eigenvalue weighted by Gasteiger charge is -2.16. The summed E-state index contributed by atoms with van der Waals surface area (Å²) >= 11 is 0. The Morgan fingerprint density at radius 1 is 1.56 bits per heavy atom. The largest absolute Gasteiger partial charge is 0.398 e. The molecule has 4 nitrogen and oxygen atoms in total. The summed E-state index contributed by atoms with van der Waals surface area (Å²) in [5.41, 5.74) is 7.96. The number of benzene rings is 1. The predicted octanol–water partition coefficient (Wildman–Crippen LogP) is 0.784. The Balaban J connectivity index is 2.18. The zero-order chi connectivity index (χ0) is 11.7. The minimum Gasteiger partial charge on any atom is -0.398 e. The van der Waals surface area contributed by atoms with E-state index in [2.05, 4.69) is 0 Å². The molecule has 0 aromatic heterocycles. The van der Waals surface area contributed by atoms with Gasteiger partial charge in [-0.2, -0.15) is 0 Å². The molecule has 1 heterocycles. The molecular formula is C12H16N2O2. The molecule has 16 heavy (non-hydrogen) atoms. The predicted molar refractivity (Wildman–Crippen MR) is 62.1 cm³/mol. The lowest BCUT2D eigenvalue weighted by atomic mass is 10.1. The zero-order valence-corrected chi connectivity index (χ0v) is 9.31. The van der Waals surface area contributed by atoms with E-state index >= 15 is 0 Å². The molecule has 0 radical (unpaired) electrons. The number of nitrogens with zero attached hydrogens (tertiary/aromatic N) is 1. The van der Waals surface area contributed by atoms with Crippen molar-refractivity contribution >= 4 is 11.6 Å². The number of β-amino-alcohol motifs (C(OH)–C–C–N with tert-alkyl or cyclic N) is 1. The molecule has 86 valence electrons. The number of aryl methyl sites for hydroxylation is 1. The van der Waals surface area contributed by atoms with Gasteiger partial charge in [-0.25, -0.2) is 0 Å². The Bertz CT molecular complexity index is 417. The number of hydrogen-bond acceptors (Lipinski definition) is 3. The van der Waals surface area contributed by atoms with Crippen molar-refractivity contribution in [1.82, 2.24) is 4.90 Å². The Morgan fingerprint density at radius 3 is 2.88 bits per heavy atom. The smallest absolute Gasteiger partial charge is 0.254 e. The first-order valence-electron chi connectivity index (χ1n) is 5.41. The highest BCUT2D eigenvalue weighted by Gasteiger charge is 2.25. The number of hydrogen-bond donors (Lipinski definition) is 2. The third-order valence-corrected chi connectivity index (χ3v) is 2.98. The molecule has 1 saturated heterocycles. The summed E-state index contributed by atoms with van der Waals surface area (Å²) in [5, 5.41) is 9.38. The van der Waals surface area contributed by atoms with Crippen LogP contribution in [0.3, 0.4) is 0 Å². The second-order valence-electron chi connectivity index (χ2n) is 4.27. The highest BCUT2D eigenvalue weighted by Crippen LogP contribution is 2.17. The van der Waals surface area contributed by atoms with Gasteiger partial charge < -0.3 is 15.7 Å². The molecule has 0 unspecified atom stereocenters. The molecule has 1 aromatic carbocycles. The van der Waals surface area contributed by atoms with Gasteiger partial charge in [0.1, 0.15) is 0 Å². The SMILES string of the molecule is Cc1ccc(C(=O)N2CC[C@H](O)C2)cc1N. The van der Waals surface area contributed by atoms with Crippen LogP contribution >= 0.6 is 0 Å². The van der Waals surface area contributed by atoms with Crippen molar-refractivity contribution in [2.24, 2.45) is 0 Å². The molecule has 2 rings (SSSR count). The number of aliphatic hydroxyl groups excluding tert-OH is 1. The molecule has 3 N–H and O–H groups in total. The van der Waals surface area contributed by atoms with Gasteiger partial charge in [0.2, 0.25) is 0 Å². The molecule has 1 fully saturated rings. The number of carbonyl (C=O) groups is 1. The summed E-state index contributed by atoms with van der Waals surface area (Å²) in [5.74, 6) is -0.0525. The van der Waals surface area contributed by atoms with Gasteiger partial charge in [0.25, 0.3) is 5.91 Å². The Kier molecular flexibility index (Phi) is 2.83. The third kappa shape index (κ3) is 2.02. The van der Waals surface area contributed by atoms with Gasteiger partial charge in [0, 0.05) is 24.3 Å². The third-order valence-electron chi connectivity index (χ3n) is 2.98. The van der Waals surface area contributed by atoms with Crippen LogP contribution in [0, 0.1) is 6.92 Å². The average Bonchev–Trinajstić information content (AvgIpc) is 2.68. The van der Waals surface area contributed by atoms with Crippen LogP contribution in [0.2, 0.25) is 0 Å². The van der Waals surface area contributed by atoms with Crippen LogP contribution in [0.1, 0.15) is 22.3 Å². The van der Waals surface area contributed by atoms with Crippen LogP contribution in [-0.2, 0) is 0 Å². The van der Waals surface area contributed by atoms with Gasteiger partial charge >= 0.3 is 0 Å². The number of likely N-dealkylation sites (tertiary alicyclic amines) is 1. The van der Waals surface area contributed by atoms with E-state index < -0.39 is 0 Å². The fraction of sp³-hybridized carbons (Fsp3) is 0.417. The number of amides is 1. The first-order valence-corrected chi connectivity index (χ1v) is 5.41. The van der Waals surface area contributed by atoms with Crippen molar-refractivity contribution in [3.8, 4) is 0 Å². The molecule has 1 amide bonds. The molecule has 0 aliphatic carbocycles. The lowest BCUT2D eigenvalue weighted by Crippen LogP contribution is -2.29. The van der Waals surface area contributed by atoms with E-state index in [0.29, 0.717) is 30.8 Å². The van der Waals surface area contributed by atoms with E-state index in [4.69, 9.17) is 5.73 Å². The summed E-state index contributed by atoms with van der Waals surface area (Å²) in [6.07, 6.45) is 0.277. The van der Waals surface area contributed by atoms with Crippen molar-refractivity contribution < 1.29 is 9.90 Å². The Morgan fingerprint density at radius 2 is 2.31 bits per heavy atom. The molecule has 0 spiro atoms. The van der Waals surface area contributed by atoms with Crippen molar-refractivity contribution in [2.75, 3.05) is 18.8 Å². The number of aliphatic hydroxyl groups is 1. The molecule has 1 aromatic rings. The van der Waals surface area contributed by atoms with Gasteiger partial charge in [-0.3, -0.25) is 4.79 Å². The average molecular weight is 220 g/mol. The maximum Gasteiger partial charge on any atom is 0.254 e. The topological polar surface area (TPSA) is 66.6 Å². The van der Waals surface area contributed by atoms with E-state index in [9.17, 15) is 9.90 Å². The molecular weight excluding hydrogens is 204 g/mol. The second kappa shape index (κ2) is 4.14. The van der Waals surface area contributed by atoms with Gasteiger partial charge in [-0.1, -0.05) is 6.07 Å². The summed E-state index contributed by atoms with van der Waals surface area (Å²) < 4.78 is 0. The van der Waals surface area contributed by atoms with E-state index in [1.165, 1.54) is 0 Å². The normalized spacial score (nSPS) is 20.1. The number of rotatable bonds is 1. The van der Waals surface area contributed by atoms with E-state index in [1.807, 2.05) is 13.0 Å². The number of anilines is 1. The van der Waals surface area contributed by atoms with Crippen LogP contribution in [0.5, 0.6) is 0 Å². The Hall–Kier alpha value is -1.55. The maximum atomic E-state index is 12.0. The van der Waals surface area contributed by atoms with Gasteiger partial charge in [0.05, 0.1) is 6.10 Å².